The summed E-state index contributed by atoms with van der Waals surface area (Å²) in [5.41, 5.74) is 31.7. The van der Waals surface area contributed by atoms with E-state index in [1.165, 1.54) is 159 Å². The Bertz CT molecular complexity index is 7030. The van der Waals surface area contributed by atoms with Crippen LogP contribution in [0.25, 0.3) is 187 Å². The quantitative estimate of drug-likeness (QED) is 0.115. The zero-order valence-electron chi connectivity index (χ0n) is 59.9. The van der Waals surface area contributed by atoms with Crippen LogP contribution in [0.15, 0.2) is 401 Å². The molecule has 0 bridgehead atoms. The number of rotatable bonds is 13. The molecule has 4 heteroatoms. The molecule has 2 aromatic heterocycles. The van der Waals surface area contributed by atoms with E-state index >= 15 is 0 Å². The highest BCUT2D eigenvalue weighted by atomic mass is 15.2. The Balaban J connectivity index is 0.676. The van der Waals surface area contributed by atoms with Gasteiger partial charge in [0.25, 0.3) is 0 Å². The van der Waals surface area contributed by atoms with E-state index < -0.39 is 0 Å². The lowest BCUT2D eigenvalue weighted by atomic mass is 9.82. The summed E-state index contributed by atoms with van der Waals surface area (Å²) in [6.45, 7) is 0. The zero-order valence-corrected chi connectivity index (χ0v) is 59.9. The monoisotopic (exact) mass is 1390 g/mol. The molecular weight excluding hydrogens is 1330 g/mol. The summed E-state index contributed by atoms with van der Waals surface area (Å²) in [4.78, 5) is 14.8. The molecule has 22 rings (SSSR count). The third-order valence-electron chi connectivity index (χ3n) is 23.0. The van der Waals surface area contributed by atoms with Crippen molar-refractivity contribution in [1.29, 1.82) is 0 Å². The van der Waals surface area contributed by atoms with Crippen LogP contribution in [-0.4, -0.2) is 9.97 Å². The van der Waals surface area contributed by atoms with E-state index in [1.807, 2.05) is 18.5 Å². The van der Waals surface area contributed by atoms with Crippen LogP contribution in [0.5, 0.6) is 0 Å². The summed E-state index contributed by atoms with van der Waals surface area (Å²) in [6.07, 6.45) is 5.87. The van der Waals surface area contributed by atoms with E-state index in [-0.39, 0.29) is 0 Å². The van der Waals surface area contributed by atoms with Crippen LogP contribution in [0.2, 0.25) is 0 Å². The molecule has 20 aromatic rings. The number of benzene rings is 18. The van der Waals surface area contributed by atoms with Gasteiger partial charge in [0.1, 0.15) is 5.82 Å². The highest BCUT2D eigenvalue weighted by Gasteiger charge is 2.34. The van der Waals surface area contributed by atoms with E-state index in [0.29, 0.717) is 0 Å². The molecule has 2 aliphatic carbocycles. The molecule has 2 aliphatic rings. The second kappa shape index (κ2) is 25.6. The van der Waals surface area contributed by atoms with Crippen LogP contribution in [0.1, 0.15) is 0 Å². The van der Waals surface area contributed by atoms with E-state index in [4.69, 9.17) is 4.98 Å². The Morgan fingerprint density at radius 2 is 0.564 bits per heavy atom. The Hall–Kier alpha value is -14.6. The average Bonchev–Trinajstić information content (AvgIpc) is 1.52. The molecule has 110 heavy (non-hydrogen) atoms. The summed E-state index contributed by atoms with van der Waals surface area (Å²) < 4.78 is 0. The molecule has 0 saturated heterocycles. The molecule has 0 N–H and O–H groups in total. The standard InChI is InChI=1S/C106H66N4/c1-5-26-69(27-6-1)97-88-41-17-18-42-89(88)98(70-28-7-2-8-29-70)105-93-56-55-85(87-43-21-45-91(101(87)93)103(97)105)77-37-20-39-80(63-77)110(82-52-48-68-25-14-16-35-74(68)61-82)96-58-50-78(65-108-96)75-49-53-90-95(64-75)100(72-32-11-4-12-33-72)104-92-46-22-44-86-84(54-57-94(102(86)92)106(104)99(90)71-30-9-3-10-31-71)76-36-19-38-79(62-76)109(83-40-23-59-107-66-83)81-51-47-67-24-13-15-34-73(67)60-81/h1-66H. The molecular formula is C106H66N4. The first-order valence-electron chi connectivity index (χ1n) is 37.8. The van der Waals surface area contributed by atoms with Crippen molar-refractivity contribution in [3.8, 4) is 122 Å². The van der Waals surface area contributed by atoms with Crippen LogP contribution in [-0.2, 0) is 0 Å². The van der Waals surface area contributed by atoms with Gasteiger partial charge in [0.15, 0.2) is 0 Å². The minimum absolute atomic E-state index is 0.814. The second-order valence-corrected chi connectivity index (χ2v) is 29.0. The van der Waals surface area contributed by atoms with E-state index in [1.54, 1.807) is 0 Å². The minimum Gasteiger partial charge on any atom is -0.309 e. The topological polar surface area (TPSA) is 32.3 Å². The van der Waals surface area contributed by atoms with E-state index in [0.717, 1.165) is 61.9 Å². The number of fused-ring (bicyclic) bond motifs is 10. The lowest BCUT2D eigenvalue weighted by molar-refractivity contribution is 1.18. The summed E-state index contributed by atoms with van der Waals surface area (Å²) in [5, 5.41) is 14.6. The van der Waals surface area contributed by atoms with Gasteiger partial charge >= 0.3 is 0 Å². The smallest absolute Gasteiger partial charge is 0.137 e. The fourth-order valence-corrected chi connectivity index (χ4v) is 18.2. The van der Waals surface area contributed by atoms with Crippen LogP contribution in [0, 0.1) is 0 Å². The third kappa shape index (κ3) is 10.1. The van der Waals surface area contributed by atoms with Crippen molar-refractivity contribution in [2.24, 2.45) is 0 Å². The first-order valence-corrected chi connectivity index (χ1v) is 37.8. The maximum Gasteiger partial charge on any atom is 0.137 e. The molecule has 0 saturated carbocycles. The molecule has 0 spiro atoms. The Morgan fingerprint density at radius 3 is 1.05 bits per heavy atom. The molecule has 510 valence electrons. The van der Waals surface area contributed by atoms with E-state index in [9.17, 15) is 0 Å². The molecule has 4 nitrogen and oxygen atoms in total. The minimum atomic E-state index is 0.814. The van der Waals surface area contributed by atoms with Crippen molar-refractivity contribution in [2.75, 3.05) is 9.80 Å². The number of pyridine rings is 2. The zero-order chi connectivity index (χ0) is 72.3. The van der Waals surface area contributed by atoms with Crippen molar-refractivity contribution in [3.05, 3.63) is 401 Å². The van der Waals surface area contributed by atoms with Crippen LogP contribution in [0.3, 0.4) is 0 Å². The van der Waals surface area contributed by atoms with Gasteiger partial charge in [-0.25, -0.2) is 4.98 Å². The molecule has 0 radical (unpaired) electrons. The summed E-state index contributed by atoms with van der Waals surface area (Å²) in [6, 6.07) is 141. The molecule has 2 heterocycles. The van der Waals surface area contributed by atoms with Crippen LogP contribution < -0.4 is 9.80 Å². The average molecular weight is 1400 g/mol. The predicted molar refractivity (Wildman–Crippen MR) is 463 cm³/mol. The van der Waals surface area contributed by atoms with Gasteiger partial charge in [-0.05, 0) is 260 Å². The van der Waals surface area contributed by atoms with Gasteiger partial charge in [0, 0.05) is 40.7 Å². The second-order valence-electron chi connectivity index (χ2n) is 29.0. The van der Waals surface area contributed by atoms with Gasteiger partial charge in [-0.3, -0.25) is 9.88 Å². The van der Waals surface area contributed by atoms with Crippen molar-refractivity contribution in [2.45, 2.75) is 0 Å². The van der Waals surface area contributed by atoms with Gasteiger partial charge in [-0.1, -0.05) is 303 Å². The van der Waals surface area contributed by atoms with Gasteiger partial charge in [-0.2, -0.15) is 0 Å². The first-order chi connectivity index (χ1) is 54.6. The fraction of sp³-hybridized carbons (Fsp3) is 0. The molecule has 0 aliphatic heterocycles. The Morgan fingerprint density at radius 1 is 0.182 bits per heavy atom. The lowest BCUT2D eigenvalue weighted by Gasteiger charge is -2.26. The Kier molecular flexibility index (Phi) is 14.6. The highest BCUT2D eigenvalue weighted by Crippen LogP contribution is 2.61. The van der Waals surface area contributed by atoms with Gasteiger partial charge in [0.2, 0.25) is 0 Å². The van der Waals surface area contributed by atoms with Gasteiger partial charge < -0.3 is 4.90 Å². The fourth-order valence-electron chi connectivity index (χ4n) is 18.2. The van der Waals surface area contributed by atoms with Crippen LogP contribution >= 0.6 is 0 Å². The molecule has 0 atom stereocenters. The number of hydrogen-bond acceptors (Lipinski definition) is 4. The largest absolute Gasteiger partial charge is 0.309 e. The Labute approximate surface area is 637 Å². The van der Waals surface area contributed by atoms with Gasteiger partial charge in [-0.15, -0.1) is 0 Å². The predicted octanol–water partition coefficient (Wildman–Crippen LogP) is 29.3. The highest BCUT2D eigenvalue weighted by molar-refractivity contribution is 6.31. The maximum absolute atomic E-state index is 5.53. The molecule has 0 unspecified atom stereocenters. The number of aromatic nitrogens is 2. The molecule has 0 fully saturated rings. The van der Waals surface area contributed by atoms with Crippen molar-refractivity contribution >= 4 is 98.9 Å². The molecule has 18 aromatic carbocycles. The summed E-state index contributed by atoms with van der Waals surface area (Å²) >= 11 is 0. The number of hydrogen-bond donors (Lipinski definition) is 0. The molecule has 0 amide bonds. The normalized spacial score (nSPS) is 11.8. The number of nitrogens with zero attached hydrogens (tertiary/aromatic N) is 4. The number of anilines is 6. The van der Waals surface area contributed by atoms with Crippen molar-refractivity contribution in [3.63, 3.8) is 0 Å². The summed E-state index contributed by atoms with van der Waals surface area (Å²) in [7, 11) is 0. The lowest BCUT2D eigenvalue weighted by Crippen LogP contribution is -2.11. The van der Waals surface area contributed by atoms with E-state index in [2.05, 4.69) is 397 Å². The van der Waals surface area contributed by atoms with Crippen LogP contribution in [0.4, 0.5) is 34.3 Å². The maximum atomic E-state index is 5.53. The summed E-state index contributed by atoms with van der Waals surface area (Å²) in [5.74, 6) is 0.814. The first kappa shape index (κ1) is 62.8. The van der Waals surface area contributed by atoms with Crippen molar-refractivity contribution < 1.29 is 0 Å². The van der Waals surface area contributed by atoms with Gasteiger partial charge in [0.05, 0.1) is 11.9 Å². The van der Waals surface area contributed by atoms with Crippen molar-refractivity contribution in [1.82, 2.24) is 9.97 Å². The third-order valence-corrected chi connectivity index (χ3v) is 23.0. The SMILES string of the molecule is c1ccc(-c2c3c(c(-c4ccccc4)c4ccccc24)-c2ccc(-c4cccc(N(c5ccc6ccccc6c5)c5ccc(-c6ccc7c(-c8ccccc8)c8c(c(-c9ccccc9)c7c6)-c6cccc7c(-c9cccc(N(c%10cccnc%10)c%10ccc%11ccccc%11c%10)c9)ccc-8c67)cn5)c4)c4cccc-3c24)cc1.